The number of hydrogen-bond acceptors (Lipinski definition) is 2. The SMILES string of the molecule is CN1CCN(c2ccc(F)cc2)c2ccccc21. The topological polar surface area (TPSA) is 6.48 Å². The van der Waals surface area contributed by atoms with Gasteiger partial charge >= 0.3 is 0 Å². The van der Waals surface area contributed by atoms with E-state index >= 15 is 0 Å². The van der Waals surface area contributed by atoms with Crippen LogP contribution in [-0.4, -0.2) is 20.1 Å². The molecule has 1 aliphatic rings. The lowest BCUT2D eigenvalue weighted by molar-refractivity contribution is 0.627. The van der Waals surface area contributed by atoms with E-state index in [-0.39, 0.29) is 5.82 Å². The van der Waals surface area contributed by atoms with Crippen molar-refractivity contribution in [2.45, 2.75) is 0 Å². The smallest absolute Gasteiger partial charge is 0.123 e. The third kappa shape index (κ3) is 1.82. The summed E-state index contributed by atoms with van der Waals surface area (Å²) in [6.07, 6.45) is 0. The Bertz CT molecular complexity index is 551. The van der Waals surface area contributed by atoms with Crippen molar-refractivity contribution in [1.29, 1.82) is 0 Å². The zero-order chi connectivity index (χ0) is 12.5. The summed E-state index contributed by atoms with van der Waals surface area (Å²) in [6.45, 7) is 1.88. The second kappa shape index (κ2) is 4.33. The highest BCUT2D eigenvalue weighted by Crippen LogP contribution is 2.36. The average molecular weight is 242 g/mol. The van der Waals surface area contributed by atoms with Gasteiger partial charge in [-0.2, -0.15) is 0 Å². The summed E-state index contributed by atoms with van der Waals surface area (Å²) in [7, 11) is 2.10. The summed E-state index contributed by atoms with van der Waals surface area (Å²) in [4.78, 5) is 4.48. The molecule has 0 aliphatic carbocycles. The van der Waals surface area contributed by atoms with Crippen molar-refractivity contribution in [1.82, 2.24) is 0 Å². The lowest BCUT2D eigenvalue weighted by atomic mass is 10.1. The van der Waals surface area contributed by atoms with E-state index < -0.39 is 0 Å². The molecular weight excluding hydrogens is 227 g/mol. The van der Waals surface area contributed by atoms with Crippen molar-refractivity contribution in [3.8, 4) is 0 Å². The van der Waals surface area contributed by atoms with Crippen LogP contribution in [0.4, 0.5) is 21.5 Å². The van der Waals surface area contributed by atoms with Gasteiger partial charge in [-0.25, -0.2) is 4.39 Å². The standard InChI is InChI=1S/C15H15FN2/c1-17-10-11-18(13-8-6-12(16)7-9-13)15-5-3-2-4-14(15)17/h2-9H,10-11H2,1H3. The van der Waals surface area contributed by atoms with Gasteiger partial charge in [0.05, 0.1) is 11.4 Å². The molecule has 0 saturated carbocycles. The lowest BCUT2D eigenvalue weighted by Crippen LogP contribution is -2.36. The van der Waals surface area contributed by atoms with Crippen LogP contribution in [0.25, 0.3) is 0 Å². The monoisotopic (exact) mass is 242 g/mol. The number of anilines is 3. The first-order valence-electron chi connectivity index (χ1n) is 6.09. The molecule has 0 bridgehead atoms. The number of para-hydroxylation sites is 2. The van der Waals surface area contributed by atoms with E-state index in [1.807, 2.05) is 24.3 Å². The van der Waals surface area contributed by atoms with E-state index in [1.165, 1.54) is 23.5 Å². The number of fused-ring (bicyclic) bond motifs is 1. The Morgan fingerprint density at radius 1 is 0.889 bits per heavy atom. The molecule has 2 aromatic carbocycles. The first-order chi connectivity index (χ1) is 8.75. The average Bonchev–Trinajstić information content (AvgIpc) is 2.41. The molecule has 0 N–H and O–H groups in total. The molecule has 3 heteroatoms. The largest absolute Gasteiger partial charge is 0.371 e. The molecule has 3 rings (SSSR count). The second-order valence-corrected chi connectivity index (χ2v) is 4.54. The van der Waals surface area contributed by atoms with Gasteiger partial charge in [0.2, 0.25) is 0 Å². The van der Waals surface area contributed by atoms with Crippen molar-refractivity contribution < 1.29 is 4.39 Å². The van der Waals surface area contributed by atoms with Gasteiger partial charge in [-0.3, -0.25) is 0 Å². The summed E-state index contributed by atoms with van der Waals surface area (Å²) in [5.74, 6) is -0.193. The van der Waals surface area contributed by atoms with Crippen LogP contribution in [0.1, 0.15) is 0 Å². The van der Waals surface area contributed by atoms with Gasteiger partial charge in [-0.15, -0.1) is 0 Å². The zero-order valence-corrected chi connectivity index (χ0v) is 10.3. The number of likely N-dealkylation sites (N-methyl/N-ethyl adjacent to an activating group) is 1. The molecule has 0 fully saturated rings. The van der Waals surface area contributed by atoms with E-state index in [0.29, 0.717) is 0 Å². The minimum Gasteiger partial charge on any atom is -0.371 e. The van der Waals surface area contributed by atoms with Crippen LogP contribution >= 0.6 is 0 Å². The van der Waals surface area contributed by atoms with Crippen LogP contribution in [0, 0.1) is 5.82 Å². The van der Waals surface area contributed by atoms with Gasteiger partial charge in [-0.1, -0.05) is 12.1 Å². The summed E-state index contributed by atoms with van der Waals surface area (Å²) in [5.41, 5.74) is 3.43. The van der Waals surface area contributed by atoms with E-state index in [1.54, 1.807) is 0 Å². The molecule has 0 saturated heterocycles. The minimum atomic E-state index is -0.193. The summed E-state index contributed by atoms with van der Waals surface area (Å²) < 4.78 is 13.0. The fourth-order valence-electron chi connectivity index (χ4n) is 2.40. The first kappa shape index (κ1) is 11.1. The van der Waals surface area contributed by atoms with Gasteiger partial charge in [0, 0.05) is 25.8 Å². The number of rotatable bonds is 1. The normalized spacial score (nSPS) is 14.6. The molecule has 0 radical (unpaired) electrons. The van der Waals surface area contributed by atoms with E-state index in [9.17, 15) is 4.39 Å². The van der Waals surface area contributed by atoms with Crippen LogP contribution in [0.3, 0.4) is 0 Å². The molecule has 1 heterocycles. The molecule has 18 heavy (non-hydrogen) atoms. The maximum Gasteiger partial charge on any atom is 0.123 e. The molecule has 0 aromatic heterocycles. The molecule has 2 aromatic rings. The van der Waals surface area contributed by atoms with Gasteiger partial charge in [0.15, 0.2) is 0 Å². The highest BCUT2D eigenvalue weighted by Gasteiger charge is 2.20. The lowest BCUT2D eigenvalue weighted by Gasteiger charge is -2.37. The van der Waals surface area contributed by atoms with Crippen molar-refractivity contribution in [2.24, 2.45) is 0 Å². The quantitative estimate of drug-likeness (QED) is 0.756. The predicted octanol–water partition coefficient (Wildman–Crippen LogP) is 3.41. The number of nitrogens with zero attached hydrogens (tertiary/aromatic N) is 2. The molecule has 0 spiro atoms. The van der Waals surface area contributed by atoms with Crippen LogP contribution in [0.15, 0.2) is 48.5 Å². The minimum absolute atomic E-state index is 0.193. The van der Waals surface area contributed by atoms with Crippen molar-refractivity contribution in [2.75, 3.05) is 29.9 Å². The molecule has 0 amide bonds. The van der Waals surface area contributed by atoms with Crippen LogP contribution < -0.4 is 9.80 Å². The van der Waals surface area contributed by atoms with E-state index in [0.717, 1.165) is 18.8 Å². The van der Waals surface area contributed by atoms with E-state index in [4.69, 9.17) is 0 Å². The third-order valence-corrected chi connectivity index (χ3v) is 3.38. The Kier molecular flexibility index (Phi) is 2.67. The Morgan fingerprint density at radius 2 is 1.56 bits per heavy atom. The maximum atomic E-state index is 13.0. The van der Waals surface area contributed by atoms with Crippen molar-refractivity contribution in [3.05, 3.63) is 54.3 Å². The summed E-state index contributed by atoms with van der Waals surface area (Å²) in [6, 6.07) is 15.0. The van der Waals surface area contributed by atoms with Crippen LogP contribution in [-0.2, 0) is 0 Å². The number of halogens is 1. The second-order valence-electron chi connectivity index (χ2n) is 4.54. The summed E-state index contributed by atoms with van der Waals surface area (Å²) >= 11 is 0. The fourth-order valence-corrected chi connectivity index (χ4v) is 2.40. The van der Waals surface area contributed by atoms with Gasteiger partial charge < -0.3 is 9.80 Å². The molecule has 0 unspecified atom stereocenters. The molecular formula is C15H15FN2. The van der Waals surface area contributed by atoms with Gasteiger partial charge in [0.25, 0.3) is 0 Å². The highest BCUT2D eigenvalue weighted by atomic mass is 19.1. The molecule has 2 nitrogen and oxygen atoms in total. The van der Waals surface area contributed by atoms with Crippen molar-refractivity contribution >= 4 is 17.1 Å². The Balaban J connectivity index is 2.04. The Hall–Kier alpha value is -2.03. The van der Waals surface area contributed by atoms with Crippen molar-refractivity contribution in [3.63, 3.8) is 0 Å². The molecule has 0 atom stereocenters. The predicted molar refractivity (Wildman–Crippen MR) is 73.1 cm³/mol. The molecule has 1 aliphatic heterocycles. The van der Waals surface area contributed by atoms with Gasteiger partial charge in [-0.05, 0) is 36.4 Å². The number of benzene rings is 2. The van der Waals surface area contributed by atoms with Gasteiger partial charge in [0.1, 0.15) is 5.82 Å². The Morgan fingerprint density at radius 3 is 2.28 bits per heavy atom. The van der Waals surface area contributed by atoms with Crippen LogP contribution in [0.2, 0.25) is 0 Å². The van der Waals surface area contributed by atoms with E-state index in [2.05, 4.69) is 29.0 Å². The highest BCUT2D eigenvalue weighted by molar-refractivity contribution is 5.79. The molecule has 92 valence electrons. The summed E-state index contributed by atoms with van der Waals surface area (Å²) in [5, 5.41) is 0. The van der Waals surface area contributed by atoms with Crippen LogP contribution in [0.5, 0.6) is 0 Å². The maximum absolute atomic E-state index is 13.0. The third-order valence-electron chi connectivity index (χ3n) is 3.38. The Labute approximate surface area is 106 Å². The fraction of sp³-hybridized carbons (Fsp3) is 0.200. The first-order valence-corrected chi connectivity index (χ1v) is 6.09. The number of hydrogen-bond donors (Lipinski definition) is 0. The zero-order valence-electron chi connectivity index (χ0n) is 10.3.